The average Bonchev–Trinajstić information content (AvgIpc) is 2.77. The van der Waals surface area contributed by atoms with E-state index < -0.39 is 30.6 Å². The molecule has 0 radical (unpaired) electrons. The number of nitrogens with zero attached hydrogens (tertiary/aromatic N) is 1. The zero-order chi connectivity index (χ0) is 21.7. The van der Waals surface area contributed by atoms with Crippen LogP contribution in [0.2, 0.25) is 0 Å². The number of piperidine rings is 1. The minimum absolute atomic E-state index is 0.263. The molecule has 30 heavy (non-hydrogen) atoms. The van der Waals surface area contributed by atoms with Crippen molar-refractivity contribution in [2.45, 2.75) is 37.8 Å². The van der Waals surface area contributed by atoms with E-state index in [1.54, 1.807) is 11.0 Å². The number of amides is 2. The van der Waals surface area contributed by atoms with E-state index in [4.69, 9.17) is 5.11 Å². The van der Waals surface area contributed by atoms with Crippen LogP contribution in [0.3, 0.4) is 0 Å². The summed E-state index contributed by atoms with van der Waals surface area (Å²) in [7, 11) is 0. The topological polar surface area (TPSA) is 89.9 Å². The summed E-state index contributed by atoms with van der Waals surface area (Å²) in [5.41, 5.74) is 2.96. The molecule has 0 bridgehead atoms. The van der Waals surface area contributed by atoms with E-state index in [9.17, 15) is 19.1 Å². The van der Waals surface area contributed by atoms with Crippen molar-refractivity contribution in [3.05, 3.63) is 59.9 Å². The van der Waals surface area contributed by atoms with Gasteiger partial charge in [0, 0.05) is 13.1 Å². The second-order valence-corrected chi connectivity index (χ2v) is 7.69. The van der Waals surface area contributed by atoms with Gasteiger partial charge in [0.25, 0.3) is 0 Å². The number of aliphatic hydroxyl groups is 2. The lowest BCUT2D eigenvalue weighted by molar-refractivity contribution is -0.125. The fourth-order valence-corrected chi connectivity index (χ4v) is 3.82. The highest BCUT2D eigenvalue weighted by Gasteiger charge is 2.29. The normalized spacial score (nSPS) is 16.7. The summed E-state index contributed by atoms with van der Waals surface area (Å²) in [6.07, 6.45) is 0.475. The SMILES string of the molecule is C[C@@H](O)[C@H](NC(=O)N1CCC(c2ccc(-c3cccc(F)c3)cc2)CC1)C(=O)CO. The summed E-state index contributed by atoms with van der Waals surface area (Å²) in [4.78, 5) is 25.8. The van der Waals surface area contributed by atoms with E-state index in [-0.39, 0.29) is 5.82 Å². The number of urea groups is 1. The van der Waals surface area contributed by atoms with Crippen LogP contribution in [0.15, 0.2) is 48.5 Å². The van der Waals surface area contributed by atoms with Gasteiger partial charge in [-0.05, 0) is 54.5 Å². The van der Waals surface area contributed by atoms with Crippen molar-refractivity contribution >= 4 is 11.8 Å². The molecule has 1 saturated heterocycles. The molecule has 0 saturated carbocycles. The molecule has 1 heterocycles. The highest BCUT2D eigenvalue weighted by molar-refractivity contribution is 5.89. The van der Waals surface area contributed by atoms with Crippen molar-refractivity contribution in [1.82, 2.24) is 10.2 Å². The number of hydrogen-bond acceptors (Lipinski definition) is 4. The molecule has 0 aromatic heterocycles. The van der Waals surface area contributed by atoms with Crippen LogP contribution < -0.4 is 5.32 Å². The van der Waals surface area contributed by atoms with Gasteiger partial charge in [-0.1, -0.05) is 36.4 Å². The van der Waals surface area contributed by atoms with Crippen molar-refractivity contribution in [1.29, 1.82) is 0 Å². The average molecular weight is 414 g/mol. The molecule has 0 spiro atoms. The van der Waals surface area contributed by atoms with E-state index in [0.29, 0.717) is 19.0 Å². The number of carbonyl (C=O) groups excluding carboxylic acids is 2. The molecular formula is C23H27FN2O4. The Balaban J connectivity index is 1.57. The summed E-state index contributed by atoms with van der Waals surface area (Å²) in [6.45, 7) is 1.73. The number of ketones is 1. The summed E-state index contributed by atoms with van der Waals surface area (Å²) in [5.74, 6) is -0.574. The van der Waals surface area contributed by atoms with Crippen LogP contribution in [0.5, 0.6) is 0 Å². The number of likely N-dealkylation sites (tertiary alicyclic amines) is 1. The fraction of sp³-hybridized carbons (Fsp3) is 0.391. The van der Waals surface area contributed by atoms with Crippen molar-refractivity contribution in [2.24, 2.45) is 0 Å². The Bertz CT molecular complexity index is 877. The maximum Gasteiger partial charge on any atom is 0.318 e. The molecule has 2 amide bonds. The Hall–Kier alpha value is -2.77. The monoisotopic (exact) mass is 414 g/mol. The minimum Gasteiger partial charge on any atom is -0.391 e. The number of rotatable bonds is 6. The maximum absolute atomic E-state index is 13.4. The van der Waals surface area contributed by atoms with Gasteiger partial charge in [-0.25, -0.2) is 9.18 Å². The Morgan fingerprint density at radius 3 is 2.37 bits per heavy atom. The molecule has 160 valence electrons. The van der Waals surface area contributed by atoms with E-state index in [1.807, 2.05) is 30.3 Å². The number of benzene rings is 2. The molecule has 0 unspecified atom stereocenters. The maximum atomic E-state index is 13.4. The van der Waals surface area contributed by atoms with Gasteiger partial charge in [-0.15, -0.1) is 0 Å². The Morgan fingerprint density at radius 1 is 1.13 bits per heavy atom. The fourth-order valence-electron chi connectivity index (χ4n) is 3.82. The molecule has 2 aromatic carbocycles. The second-order valence-electron chi connectivity index (χ2n) is 7.69. The number of aliphatic hydroxyl groups excluding tert-OH is 2. The minimum atomic E-state index is -1.12. The lowest BCUT2D eigenvalue weighted by atomic mass is 9.88. The summed E-state index contributed by atoms with van der Waals surface area (Å²) < 4.78 is 13.4. The predicted octanol–water partition coefficient (Wildman–Crippen LogP) is 2.69. The number of Topliss-reactive ketones (excluding diaryl/α,β-unsaturated/α-hetero) is 1. The van der Waals surface area contributed by atoms with Gasteiger partial charge in [0.05, 0.1) is 6.10 Å². The molecule has 1 aliphatic rings. The summed E-state index contributed by atoms with van der Waals surface area (Å²) >= 11 is 0. The van der Waals surface area contributed by atoms with Gasteiger partial charge in [0.1, 0.15) is 18.5 Å². The predicted molar refractivity (Wildman–Crippen MR) is 111 cm³/mol. The Kier molecular flexibility index (Phi) is 7.18. The Labute approximate surface area is 175 Å². The third-order valence-electron chi connectivity index (χ3n) is 5.59. The number of hydrogen-bond donors (Lipinski definition) is 3. The molecule has 6 nitrogen and oxygen atoms in total. The second kappa shape index (κ2) is 9.82. The van der Waals surface area contributed by atoms with Gasteiger partial charge >= 0.3 is 6.03 Å². The van der Waals surface area contributed by atoms with Crippen LogP contribution in [0, 0.1) is 5.82 Å². The zero-order valence-corrected chi connectivity index (χ0v) is 16.9. The van der Waals surface area contributed by atoms with Gasteiger partial charge in [-0.3, -0.25) is 4.79 Å². The van der Waals surface area contributed by atoms with Crippen molar-refractivity contribution in [3.63, 3.8) is 0 Å². The molecule has 2 atom stereocenters. The first-order chi connectivity index (χ1) is 14.4. The van der Waals surface area contributed by atoms with E-state index in [0.717, 1.165) is 24.0 Å². The lowest BCUT2D eigenvalue weighted by Crippen LogP contribution is -2.54. The first-order valence-corrected chi connectivity index (χ1v) is 10.1. The van der Waals surface area contributed by atoms with Crippen LogP contribution in [-0.4, -0.2) is 58.8 Å². The van der Waals surface area contributed by atoms with Gasteiger partial charge in [0.15, 0.2) is 5.78 Å². The molecule has 1 aliphatic heterocycles. The summed E-state index contributed by atoms with van der Waals surface area (Å²) in [6, 6.07) is 13.0. The number of carbonyl (C=O) groups is 2. The molecule has 3 N–H and O–H groups in total. The van der Waals surface area contributed by atoms with E-state index >= 15 is 0 Å². The third-order valence-corrected chi connectivity index (χ3v) is 5.59. The van der Waals surface area contributed by atoms with Gasteiger partial charge in [0.2, 0.25) is 0 Å². The molecular weight excluding hydrogens is 387 g/mol. The lowest BCUT2D eigenvalue weighted by Gasteiger charge is -2.33. The van der Waals surface area contributed by atoms with Crippen molar-refractivity contribution in [2.75, 3.05) is 19.7 Å². The summed E-state index contributed by atoms with van der Waals surface area (Å²) in [5, 5.41) is 21.2. The number of nitrogens with one attached hydrogen (secondary N) is 1. The molecule has 1 fully saturated rings. The molecule has 2 aromatic rings. The van der Waals surface area contributed by atoms with Crippen molar-refractivity contribution < 1.29 is 24.2 Å². The first kappa shape index (κ1) is 21.9. The largest absolute Gasteiger partial charge is 0.391 e. The smallest absolute Gasteiger partial charge is 0.318 e. The van der Waals surface area contributed by atoms with E-state index in [2.05, 4.69) is 5.32 Å². The highest BCUT2D eigenvalue weighted by Crippen LogP contribution is 2.30. The van der Waals surface area contributed by atoms with Crippen LogP contribution in [0.4, 0.5) is 9.18 Å². The Morgan fingerprint density at radius 2 is 1.80 bits per heavy atom. The third kappa shape index (κ3) is 5.23. The highest BCUT2D eigenvalue weighted by atomic mass is 19.1. The van der Waals surface area contributed by atoms with Crippen LogP contribution in [-0.2, 0) is 4.79 Å². The van der Waals surface area contributed by atoms with Crippen LogP contribution in [0.25, 0.3) is 11.1 Å². The zero-order valence-electron chi connectivity index (χ0n) is 16.9. The molecule has 3 rings (SSSR count). The quantitative estimate of drug-likeness (QED) is 0.678. The van der Waals surface area contributed by atoms with Crippen LogP contribution >= 0.6 is 0 Å². The van der Waals surface area contributed by atoms with Crippen LogP contribution in [0.1, 0.15) is 31.2 Å². The van der Waals surface area contributed by atoms with E-state index in [1.165, 1.54) is 24.6 Å². The van der Waals surface area contributed by atoms with Gasteiger partial charge < -0.3 is 20.4 Å². The standard InChI is InChI=1S/C23H27FN2O4/c1-15(28)22(21(29)14-27)25-23(30)26-11-9-18(10-12-26)16-5-7-17(8-6-16)19-3-2-4-20(24)13-19/h2-8,13,15,18,22,27-28H,9-12,14H2,1H3,(H,25,30)/t15-,22+/m1/s1. The molecule has 0 aliphatic carbocycles. The van der Waals surface area contributed by atoms with Gasteiger partial charge in [-0.2, -0.15) is 0 Å². The van der Waals surface area contributed by atoms with Crippen molar-refractivity contribution in [3.8, 4) is 11.1 Å². The molecule has 7 heteroatoms. The number of halogens is 1. The first-order valence-electron chi connectivity index (χ1n) is 10.1.